The van der Waals surface area contributed by atoms with Crippen molar-refractivity contribution in [3.8, 4) is 5.75 Å². The second-order valence-electron chi connectivity index (χ2n) is 5.57. The fourth-order valence-electron chi connectivity index (χ4n) is 2.06. The molecule has 116 valence electrons. The van der Waals surface area contributed by atoms with E-state index in [1.54, 1.807) is 19.1 Å². The van der Waals surface area contributed by atoms with Gasteiger partial charge >= 0.3 is 5.97 Å². The highest BCUT2D eigenvalue weighted by Gasteiger charge is 2.15. The standard InChI is InChI=1S/C16H23NO4/c1-10-7-8-14(18)13(9-10)15(19)17-12(3)6-4-5-11(2)16(20)21/h7-9,11-12,18H,4-6H2,1-3H3,(H,17,19)(H,20,21). The maximum atomic E-state index is 12.1. The summed E-state index contributed by atoms with van der Waals surface area (Å²) < 4.78 is 0. The lowest BCUT2D eigenvalue weighted by Crippen LogP contribution is -2.32. The molecule has 1 amide bonds. The minimum Gasteiger partial charge on any atom is -0.507 e. The molecule has 1 aromatic rings. The molecule has 1 aromatic carbocycles. The molecule has 21 heavy (non-hydrogen) atoms. The van der Waals surface area contributed by atoms with Gasteiger partial charge in [0.15, 0.2) is 0 Å². The van der Waals surface area contributed by atoms with E-state index >= 15 is 0 Å². The number of carboxylic acids is 1. The fourth-order valence-corrected chi connectivity index (χ4v) is 2.06. The molecule has 0 aromatic heterocycles. The molecule has 2 unspecified atom stereocenters. The van der Waals surface area contributed by atoms with Crippen molar-refractivity contribution in [2.24, 2.45) is 5.92 Å². The quantitative estimate of drug-likeness (QED) is 0.721. The van der Waals surface area contributed by atoms with E-state index in [0.717, 1.165) is 12.0 Å². The molecule has 0 fully saturated rings. The molecule has 0 saturated heterocycles. The van der Waals surface area contributed by atoms with Crippen molar-refractivity contribution in [2.45, 2.75) is 46.1 Å². The number of aryl methyl sites for hydroxylation is 1. The lowest BCUT2D eigenvalue weighted by molar-refractivity contribution is -0.141. The third kappa shape index (κ3) is 5.45. The smallest absolute Gasteiger partial charge is 0.306 e. The van der Waals surface area contributed by atoms with Crippen LogP contribution in [0.2, 0.25) is 0 Å². The Kier molecular flexibility index (Phi) is 6.21. The summed E-state index contributed by atoms with van der Waals surface area (Å²) in [5, 5.41) is 21.3. The van der Waals surface area contributed by atoms with Crippen LogP contribution in [0.3, 0.4) is 0 Å². The molecular weight excluding hydrogens is 270 g/mol. The first kappa shape index (κ1) is 17.0. The Morgan fingerprint density at radius 2 is 1.90 bits per heavy atom. The number of carbonyl (C=O) groups is 2. The molecule has 0 spiro atoms. The summed E-state index contributed by atoms with van der Waals surface area (Å²) >= 11 is 0. The number of hydrogen-bond acceptors (Lipinski definition) is 3. The Morgan fingerprint density at radius 1 is 1.24 bits per heavy atom. The molecule has 0 heterocycles. The second-order valence-corrected chi connectivity index (χ2v) is 5.57. The highest BCUT2D eigenvalue weighted by atomic mass is 16.4. The molecule has 0 bridgehead atoms. The van der Waals surface area contributed by atoms with E-state index in [4.69, 9.17) is 5.11 Å². The number of aromatic hydroxyl groups is 1. The van der Waals surface area contributed by atoms with Crippen molar-refractivity contribution in [3.63, 3.8) is 0 Å². The number of rotatable bonds is 7. The monoisotopic (exact) mass is 293 g/mol. The minimum atomic E-state index is -0.795. The van der Waals surface area contributed by atoms with Crippen molar-refractivity contribution in [1.82, 2.24) is 5.32 Å². The Balaban J connectivity index is 2.47. The fraction of sp³-hybridized carbons (Fsp3) is 0.500. The average Bonchev–Trinajstić information content (AvgIpc) is 2.41. The van der Waals surface area contributed by atoms with Crippen LogP contribution in [0.5, 0.6) is 5.75 Å². The van der Waals surface area contributed by atoms with E-state index in [1.807, 2.05) is 13.8 Å². The Hall–Kier alpha value is -2.04. The highest BCUT2D eigenvalue weighted by Crippen LogP contribution is 2.18. The normalized spacial score (nSPS) is 13.5. The van der Waals surface area contributed by atoms with Crippen LogP contribution in [-0.4, -0.2) is 28.1 Å². The Morgan fingerprint density at radius 3 is 2.52 bits per heavy atom. The van der Waals surface area contributed by atoms with Crippen molar-refractivity contribution in [2.75, 3.05) is 0 Å². The zero-order valence-electron chi connectivity index (χ0n) is 12.7. The third-order valence-corrected chi connectivity index (χ3v) is 3.47. The largest absolute Gasteiger partial charge is 0.507 e. The van der Waals surface area contributed by atoms with Crippen molar-refractivity contribution < 1.29 is 19.8 Å². The van der Waals surface area contributed by atoms with Crippen LogP contribution in [0.25, 0.3) is 0 Å². The lowest BCUT2D eigenvalue weighted by Gasteiger charge is -2.15. The zero-order valence-corrected chi connectivity index (χ0v) is 12.7. The number of hydrogen-bond donors (Lipinski definition) is 3. The molecule has 1 rings (SSSR count). The summed E-state index contributed by atoms with van der Waals surface area (Å²) in [7, 11) is 0. The van der Waals surface area contributed by atoms with Crippen LogP contribution in [0.1, 0.15) is 49.0 Å². The molecule has 5 nitrogen and oxygen atoms in total. The van der Waals surface area contributed by atoms with Crippen molar-refractivity contribution in [3.05, 3.63) is 29.3 Å². The topological polar surface area (TPSA) is 86.6 Å². The Labute approximate surface area is 125 Å². The zero-order chi connectivity index (χ0) is 16.0. The molecule has 0 aliphatic heterocycles. The summed E-state index contributed by atoms with van der Waals surface area (Å²) in [6.45, 7) is 5.40. The van der Waals surface area contributed by atoms with Crippen molar-refractivity contribution >= 4 is 11.9 Å². The van der Waals surface area contributed by atoms with Crippen LogP contribution in [-0.2, 0) is 4.79 Å². The maximum Gasteiger partial charge on any atom is 0.306 e. The van der Waals surface area contributed by atoms with E-state index in [2.05, 4.69) is 5.32 Å². The van der Waals surface area contributed by atoms with Gasteiger partial charge in [-0.1, -0.05) is 25.0 Å². The first-order valence-electron chi connectivity index (χ1n) is 7.14. The number of carbonyl (C=O) groups excluding carboxylic acids is 1. The van der Waals surface area contributed by atoms with E-state index in [1.165, 1.54) is 6.07 Å². The summed E-state index contributed by atoms with van der Waals surface area (Å²) in [6.07, 6.45) is 2.02. The van der Waals surface area contributed by atoms with Gasteiger partial charge in [0.25, 0.3) is 5.91 Å². The number of benzene rings is 1. The second kappa shape index (κ2) is 7.67. The van der Waals surface area contributed by atoms with Crippen LogP contribution in [0, 0.1) is 12.8 Å². The predicted octanol–water partition coefficient (Wildman–Crippen LogP) is 2.71. The molecule has 2 atom stereocenters. The maximum absolute atomic E-state index is 12.1. The molecule has 0 radical (unpaired) electrons. The SMILES string of the molecule is Cc1ccc(O)c(C(=O)NC(C)CCCC(C)C(=O)O)c1. The van der Waals surface area contributed by atoms with Crippen molar-refractivity contribution in [1.29, 1.82) is 0 Å². The molecule has 3 N–H and O–H groups in total. The van der Waals surface area contributed by atoms with Gasteiger partial charge in [0.2, 0.25) is 0 Å². The van der Waals surface area contributed by atoms with E-state index < -0.39 is 5.97 Å². The molecule has 0 aliphatic rings. The van der Waals surface area contributed by atoms with Gasteiger partial charge in [-0.05, 0) is 38.8 Å². The van der Waals surface area contributed by atoms with Gasteiger partial charge in [-0.15, -0.1) is 0 Å². The van der Waals surface area contributed by atoms with E-state index in [9.17, 15) is 14.7 Å². The van der Waals surface area contributed by atoms with Crippen LogP contribution < -0.4 is 5.32 Å². The van der Waals surface area contributed by atoms with Gasteiger partial charge in [0.1, 0.15) is 5.75 Å². The number of carboxylic acid groups (broad SMARTS) is 1. The first-order valence-corrected chi connectivity index (χ1v) is 7.14. The predicted molar refractivity (Wildman–Crippen MR) is 80.4 cm³/mol. The third-order valence-electron chi connectivity index (χ3n) is 3.47. The number of amides is 1. The molecule has 5 heteroatoms. The summed E-state index contributed by atoms with van der Waals surface area (Å²) in [5.74, 6) is -1.51. The molecule has 0 aliphatic carbocycles. The Bertz CT molecular complexity index is 513. The van der Waals surface area contributed by atoms with Gasteiger partial charge in [-0.25, -0.2) is 0 Å². The summed E-state index contributed by atoms with van der Waals surface area (Å²) in [4.78, 5) is 22.8. The average molecular weight is 293 g/mol. The van der Waals surface area contributed by atoms with Gasteiger partial charge in [-0.2, -0.15) is 0 Å². The lowest BCUT2D eigenvalue weighted by atomic mass is 10.0. The highest BCUT2D eigenvalue weighted by molar-refractivity contribution is 5.97. The van der Waals surface area contributed by atoms with Crippen LogP contribution >= 0.6 is 0 Å². The van der Waals surface area contributed by atoms with Gasteiger partial charge in [0.05, 0.1) is 11.5 Å². The molecular formula is C16H23NO4. The summed E-state index contributed by atoms with van der Waals surface area (Å²) in [6, 6.07) is 4.81. The minimum absolute atomic E-state index is 0.0372. The van der Waals surface area contributed by atoms with Crippen LogP contribution in [0.15, 0.2) is 18.2 Å². The number of phenolic OH excluding ortho intramolecular Hbond substituents is 1. The number of aliphatic carboxylic acids is 1. The number of phenols is 1. The van der Waals surface area contributed by atoms with Gasteiger partial charge in [-0.3, -0.25) is 9.59 Å². The molecule has 0 saturated carbocycles. The van der Waals surface area contributed by atoms with Crippen LogP contribution in [0.4, 0.5) is 0 Å². The van der Waals surface area contributed by atoms with Gasteiger partial charge < -0.3 is 15.5 Å². The van der Waals surface area contributed by atoms with Gasteiger partial charge in [0, 0.05) is 6.04 Å². The van der Waals surface area contributed by atoms with E-state index in [0.29, 0.717) is 12.8 Å². The first-order chi connectivity index (χ1) is 9.81. The number of nitrogens with one attached hydrogen (secondary N) is 1. The van der Waals surface area contributed by atoms with E-state index in [-0.39, 0.29) is 29.2 Å². The summed E-state index contributed by atoms with van der Waals surface area (Å²) in [5.41, 5.74) is 1.17.